The maximum Gasteiger partial charge on any atom is 0.114 e. The van der Waals surface area contributed by atoms with E-state index in [1.54, 1.807) is 6.20 Å². The highest BCUT2D eigenvalue weighted by atomic mass is 15.2. The van der Waals surface area contributed by atoms with E-state index in [2.05, 4.69) is 25.2 Å². The number of rotatable bonds is 3. The zero-order valence-electron chi connectivity index (χ0n) is 8.75. The van der Waals surface area contributed by atoms with E-state index >= 15 is 0 Å². The molecule has 2 rings (SSSR count). The minimum Gasteiger partial charge on any atom is -0.282 e. The molecule has 0 bridgehead atoms. The van der Waals surface area contributed by atoms with Gasteiger partial charge >= 0.3 is 0 Å². The third kappa shape index (κ3) is 1.87. The quantitative estimate of drug-likeness (QED) is 0.483. The lowest BCUT2D eigenvalue weighted by Crippen LogP contribution is -1.88. The van der Waals surface area contributed by atoms with Crippen LogP contribution in [0.2, 0.25) is 0 Å². The SMILES string of the molecule is Cc1[nH]nc(-c2ccccn2)c1CN=[N+]=[N-]. The number of H-pyrrole nitrogens is 1. The van der Waals surface area contributed by atoms with Crippen LogP contribution >= 0.6 is 0 Å². The average molecular weight is 214 g/mol. The monoisotopic (exact) mass is 214 g/mol. The molecular formula is C10H10N6. The van der Waals surface area contributed by atoms with Crippen molar-refractivity contribution in [3.63, 3.8) is 0 Å². The Morgan fingerprint density at radius 3 is 3.06 bits per heavy atom. The molecule has 0 aliphatic carbocycles. The smallest absolute Gasteiger partial charge is 0.114 e. The Bertz CT molecular complexity index is 523. The molecule has 0 aliphatic heterocycles. The molecular weight excluding hydrogens is 204 g/mol. The van der Waals surface area contributed by atoms with E-state index in [9.17, 15) is 0 Å². The summed E-state index contributed by atoms with van der Waals surface area (Å²) in [5.74, 6) is 0. The molecule has 0 atom stereocenters. The van der Waals surface area contributed by atoms with Crippen LogP contribution in [0.3, 0.4) is 0 Å². The molecule has 0 spiro atoms. The molecule has 6 nitrogen and oxygen atoms in total. The summed E-state index contributed by atoms with van der Waals surface area (Å²) >= 11 is 0. The molecule has 1 N–H and O–H groups in total. The molecule has 0 saturated carbocycles. The fraction of sp³-hybridized carbons (Fsp3) is 0.200. The minimum absolute atomic E-state index is 0.282. The van der Waals surface area contributed by atoms with Gasteiger partial charge in [-0.1, -0.05) is 11.2 Å². The highest BCUT2D eigenvalue weighted by Crippen LogP contribution is 2.22. The Hall–Kier alpha value is -2.33. The van der Waals surface area contributed by atoms with Crippen molar-refractivity contribution in [3.8, 4) is 11.4 Å². The van der Waals surface area contributed by atoms with Crippen molar-refractivity contribution in [2.45, 2.75) is 13.5 Å². The summed E-state index contributed by atoms with van der Waals surface area (Å²) in [5.41, 5.74) is 11.6. The summed E-state index contributed by atoms with van der Waals surface area (Å²) in [7, 11) is 0. The first kappa shape index (κ1) is 10.2. The van der Waals surface area contributed by atoms with Crippen LogP contribution < -0.4 is 0 Å². The summed E-state index contributed by atoms with van der Waals surface area (Å²) in [6.45, 7) is 2.17. The van der Waals surface area contributed by atoms with E-state index in [-0.39, 0.29) is 6.54 Å². The first-order valence-electron chi connectivity index (χ1n) is 4.79. The lowest BCUT2D eigenvalue weighted by atomic mass is 10.1. The number of aromatic amines is 1. The highest BCUT2D eigenvalue weighted by molar-refractivity contribution is 5.59. The number of aryl methyl sites for hydroxylation is 1. The summed E-state index contributed by atoms with van der Waals surface area (Å²) in [4.78, 5) is 6.96. The molecule has 0 aliphatic rings. The first-order chi connectivity index (χ1) is 7.83. The van der Waals surface area contributed by atoms with Crippen molar-refractivity contribution in [3.05, 3.63) is 46.1 Å². The Kier molecular flexibility index (Phi) is 2.84. The van der Waals surface area contributed by atoms with Gasteiger partial charge in [0.15, 0.2) is 0 Å². The Labute approximate surface area is 92.0 Å². The second-order valence-electron chi connectivity index (χ2n) is 3.28. The van der Waals surface area contributed by atoms with E-state index in [1.165, 1.54) is 0 Å². The number of azide groups is 1. The summed E-state index contributed by atoms with van der Waals surface area (Å²) in [6, 6.07) is 5.61. The molecule has 0 fully saturated rings. The molecule has 0 amide bonds. The van der Waals surface area contributed by atoms with E-state index in [4.69, 9.17) is 5.53 Å². The van der Waals surface area contributed by atoms with Gasteiger partial charge in [0, 0.05) is 22.4 Å². The van der Waals surface area contributed by atoms with Crippen LogP contribution in [-0.2, 0) is 6.54 Å². The van der Waals surface area contributed by atoms with E-state index in [1.807, 2.05) is 25.1 Å². The predicted molar refractivity (Wildman–Crippen MR) is 59.4 cm³/mol. The average Bonchev–Trinajstić information content (AvgIpc) is 2.69. The predicted octanol–water partition coefficient (Wildman–Crippen LogP) is 2.59. The standard InChI is InChI=1S/C10H10N6/c1-7-8(6-13-16-11)10(15-14-7)9-4-2-3-5-12-9/h2-5H,6H2,1H3,(H,14,15). The molecule has 16 heavy (non-hydrogen) atoms. The summed E-state index contributed by atoms with van der Waals surface area (Å²) < 4.78 is 0. The van der Waals surface area contributed by atoms with Crippen LogP contribution in [0.4, 0.5) is 0 Å². The molecule has 2 aromatic rings. The van der Waals surface area contributed by atoms with Crippen LogP contribution in [0.25, 0.3) is 21.8 Å². The van der Waals surface area contributed by atoms with Gasteiger partial charge in [-0.25, -0.2) is 0 Å². The fourth-order valence-electron chi connectivity index (χ4n) is 1.46. The summed E-state index contributed by atoms with van der Waals surface area (Å²) in [6.07, 6.45) is 1.71. The Balaban J connectivity index is 2.45. The molecule has 0 saturated heterocycles. The van der Waals surface area contributed by atoms with Gasteiger partial charge in [-0.3, -0.25) is 10.1 Å². The number of nitrogens with one attached hydrogen (secondary N) is 1. The molecule has 0 aromatic carbocycles. The summed E-state index contributed by atoms with van der Waals surface area (Å²) in [5, 5.41) is 10.6. The van der Waals surface area contributed by atoms with Crippen molar-refractivity contribution >= 4 is 0 Å². The molecule has 80 valence electrons. The van der Waals surface area contributed by atoms with Crippen LogP contribution in [-0.4, -0.2) is 15.2 Å². The fourth-order valence-corrected chi connectivity index (χ4v) is 1.46. The van der Waals surface area contributed by atoms with Gasteiger partial charge in [0.05, 0.1) is 12.2 Å². The zero-order valence-corrected chi connectivity index (χ0v) is 8.75. The van der Waals surface area contributed by atoms with Gasteiger partial charge in [0.1, 0.15) is 5.69 Å². The maximum absolute atomic E-state index is 8.33. The molecule has 6 heteroatoms. The number of nitrogens with zero attached hydrogens (tertiary/aromatic N) is 5. The molecule has 0 unspecified atom stereocenters. The van der Waals surface area contributed by atoms with Crippen LogP contribution in [0.5, 0.6) is 0 Å². The lowest BCUT2D eigenvalue weighted by molar-refractivity contribution is 1.01. The van der Waals surface area contributed by atoms with E-state index in [0.717, 1.165) is 22.6 Å². The molecule has 2 heterocycles. The van der Waals surface area contributed by atoms with Crippen LogP contribution in [0, 0.1) is 6.92 Å². The number of pyridine rings is 1. The second-order valence-corrected chi connectivity index (χ2v) is 3.28. The van der Waals surface area contributed by atoms with Crippen molar-refractivity contribution < 1.29 is 0 Å². The van der Waals surface area contributed by atoms with Crippen LogP contribution in [0.15, 0.2) is 29.5 Å². The number of hydrogen-bond acceptors (Lipinski definition) is 3. The van der Waals surface area contributed by atoms with Crippen molar-refractivity contribution in [2.24, 2.45) is 5.11 Å². The van der Waals surface area contributed by atoms with Gasteiger partial charge in [-0.05, 0) is 24.6 Å². The van der Waals surface area contributed by atoms with E-state index < -0.39 is 0 Å². The van der Waals surface area contributed by atoms with Gasteiger partial charge < -0.3 is 0 Å². The van der Waals surface area contributed by atoms with Gasteiger partial charge in [0.25, 0.3) is 0 Å². The van der Waals surface area contributed by atoms with Crippen molar-refractivity contribution in [1.82, 2.24) is 15.2 Å². The topological polar surface area (TPSA) is 90.3 Å². The van der Waals surface area contributed by atoms with Crippen LogP contribution in [0.1, 0.15) is 11.3 Å². The molecule has 0 radical (unpaired) electrons. The van der Waals surface area contributed by atoms with Gasteiger partial charge in [-0.2, -0.15) is 5.10 Å². The first-order valence-corrected chi connectivity index (χ1v) is 4.79. The second kappa shape index (κ2) is 4.46. The largest absolute Gasteiger partial charge is 0.282 e. The Morgan fingerprint density at radius 1 is 1.50 bits per heavy atom. The maximum atomic E-state index is 8.33. The third-order valence-electron chi connectivity index (χ3n) is 2.27. The normalized spacial score (nSPS) is 9.81. The minimum atomic E-state index is 0.282. The molecule has 2 aromatic heterocycles. The number of aromatic nitrogens is 3. The Morgan fingerprint density at radius 2 is 2.38 bits per heavy atom. The van der Waals surface area contributed by atoms with Gasteiger partial charge in [0.2, 0.25) is 0 Å². The number of hydrogen-bond donors (Lipinski definition) is 1. The highest BCUT2D eigenvalue weighted by Gasteiger charge is 2.11. The van der Waals surface area contributed by atoms with E-state index in [0.29, 0.717) is 0 Å². The van der Waals surface area contributed by atoms with Crippen molar-refractivity contribution in [2.75, 3.05) is 0 Å². The van der Waals surface area contributed by atoms with Crippen molar-refractivity contribution in [1.29, 1.82) is 0 Å². The third-order valence-corrected chi connectivity index (χ3v) is 2.27. The van der Waals surface area contributed by atoms with Gasteiger partial charge in [-0.15, -0.1) is 0 Å². The zero-order chi connectivity index (χ0) is 11.4. The lowest BCUT2D eigenvalue weighted by Gasteiger charge is -1.98.